The van der Waals surface area contributed by atoms with Gasteiger partial charge in [0.05, 0.1) is 7.11 Å². The maximum Gasteiger partial charge on any atom is 0.161 e. The Morgan fingerprint density at radius 1 is 1.10 bits per heavy atom. The summed E-state index contributed by atoms with van der Waals surface area (Å²) in [7, 11) is 1.68. The van der Waals surface area contributed by atoms with E-state index in [1.54, 1.807) is 19.4 Å². The van der Waals surface area contributed by atoms with Gasteiger partial charge in [-0.15, -0.1) is 24.8 Å². The number of methoxy groups -OCH3 is 1. The lowest BCUT2D eigenvalue weighted by Gasteiger charge is -2.45. The predicted molar refractivity (Wildman–Crippen MR) is 121 cm³/mol. The largest absolute Gasteiger partial charge is 0.493 e. The van der Waals surface area contributed by atoms with Crippen LogP contribution in [0.15, 0.2) is 36.5 Å². The number of halogens is 3. The number of ether oxygens (including phenoxy) is 2. The molecule has 0 radical (unpaired) electrons. The SMILES string of the molecule is COc1cc(CNC2CN3CCC2CC3)ccc1OCc1ccc(Cl)nc1.Cl.Cl. The van der Waals surface area contributed by atoms with Gasteiger partial charge in [0, 0.05) is 30.9 Å². The lowest BCUT2D eigenvalue weighted by atomic mass is 9.84. The first-order valence-electron chi connectivity index (χ1n) is 9.57. The summed E-state index contributed by atoms with van der Waals surface area (Å²) in [5, 5.41) is 4.23. The van der Waals surface area contributed by atoms with Crippen LogP contribution in [0.25, 0.3) is 0 Å². The summed E-state index contributed by atoms with van der Waals surface area (Å²) in [6.45, 7) is 5.00. The van der Waals surface area contributed by atoms with Crippen LogP contribution < -0.4 is 14.8 Å². The lowest BCUT2D eigenvalue weighted by Crippen LogP contribution is -2.55. The molecule has 3 aliphatic heterocycles. The van der Waals surface area contributed by atoms with E-state index in [1.807, 2.05) is 12.1 Å². The van der Waals surface area contributed by atoms with Gasteiger partial charge < -0.3 is 19.7 Å². The molecule has 1 atom stereocenters. The molecule has 0 aliphatic carbocycles. The van der Waals surface area contributed by atoms with E-state index in [4.69, 9.17) is 21.1 Å². The van der Waals surface area contributed by atoms with Gasteiger partial charge in [0.2, 0.25) is 0 Å². The molecule has 0 saturated carbocycles. The molecule has 8 heteroatoms. The predicted octanol–water partition coefficient (Wildman–Crippen LogP) is 4.35. The molecule has 0 amide bonds. The molecule has 3 fully saturated rings. The van der Waals surface area contributed by atoms with E-state index >= 15 is 0 Å². The maximum absolute atomic E-state index is 5.91. The van der Waals surface area contributed by atoms with Crippen molar-refractivity contribution in [3.05, 3.63) is 52.8 Å². The summed E-state index contributed by atoms with van der Waals surface area (Å²) >= 11 is 5.82. The zero-order chi connectivity index (χ0) is 18.6. The second-order valence-corrected chi connectivity index (χ2v) is 7.78. The van der Waals surface area contributed by atoms with Crippen molar-refractivity contribution in [2.24, 2.45) is 5.92 Å². The summed E-state index contributed by atoms with van der Waals surface area (Å²) < 4.78 is 11.4. The van der Waals surface area contributed by atoms with E-state index in [0.717, 1.165) is 29.5 Å². The summed E-state index contributed by atoms with van der Waals surface area (Å²) in [6, 6.07) is 10.4. The molecule has 2 bridgehead atoms. The molecular weight excluding hydrogens is 433 g/mol. The number of piperidine rings is 3. The van der Waals surface area contributed by atoms with E-state index in [1.165, 1.54) is 38.0 Å². The molecule has 5 nitrogen and oxygen atoms in total. The van der Waals surface area contributed by atoms with E-state index in [0.29, 0.717) is 17.8 Å². The monoisotopic (exact) mass is 459 g/mol. The highest BCUT2D eigenvalue weighted by Gasteiger charge is 2.33. The number of rotatable bonds is 7. The fourth-order valence-electron chi connectivity index (χ4n) is 4.04. The third-order valence-corrected chi connectivity index (χ3v) is 5.86. The zero-order valence-electron chi connectivity index (χ0n) is 16.5. The normalized spacial score (nSPS) is 22.3. The Labute approximate surface area is 189 Å². The van der Waals surface area contributed by atoms with Crippen LogP contribution in [0.2, 0.25) is 5.15 Å². The molecule has 1 aromatic heterocycles. The van der Waals surface area contributed by atoms with Gasteiger partial charge in [-0.25, -0.2) is 4.98 Å². The number of benzene rings is 1. The minimum Gasteiger partial charge on any atom is -0.493 e. The van der Waals surface area contributed by atoms with E-state index < -0.39 is 0 Å². The first-order valence-corrected chi connectivity index (χ1v) is 9.95. The van der Waals surface area contributed by atoms with Crippen molar-refractivity contribution in [1.82, 2.24) is 15.2 Å². The highest BCUT2D eigenvalue weighted by molar-refractivity contribution is 6.29. The molecule has 3 saturated heterocycles. The highest BCUT2D eigenvalue weighted by Crippen LogP contribution is 2.30. The van der Waals surface area contributed by atoms with Crippen molar-refractivity contribution in [1.29, 1.82) is 0 Å². The van der Waals surface area contributed by atoms with Gasteiger partial charge in [-0.05, 0) is 55.6 Å². The Balaban J connectivity index is 0.00000150. The molecule has 5 rings (SSSR count). The van der Waals surface area contributed by atoms with Gasteiger partial charge in [0.25, 0.3) is 0 Å². The van der Waals surface area contributed by atoms with Gasteiger partial charge in [-0.1, -0.05) is 23.7 Å². The number of pyridine rings is 1. The Morgan fingerprint density at radius 3 is 2.48 bits per heavy atom. The third kappa shape index (κ3) is 6.12. The number of hydrogen-bond donors (Lipinski definition) is 1. The van der Waals surface area contributed by atoms with Gasteiger partial charge in [0.15, 0.2) is 11.5 Å². The fraction of sp³-hybridized carbons (Fsp3) is 0.476. The number of fused-ring (bicyclic) bond motifs is 3. The molecule has 160 valence electrons. The highest BCUT2D eigenvalue weighted by atomic mass is 35.5. The van der Waals surface area contributed by atoms with E-state index in [2.05, 4.69) is 27.3 Å². The average molecular weight is 461 g/mol. The molecule has 1 unspecified atom stereocenters. The Morgan fingerprint density at radius 2 is 1.86 bits per heavy atom. The Kier molecular flexibility index (Phi) is 9.31. The molecule has 2 aromatic rings. The van der Waals surface area contributed by atoms with Crippen LogP contribution in [0.4, 0.5) is 0 Å². The van der Waals surface area contributed by atoms with E-state index in [9.17, 15) is 0 Å². The van der Waals surface area contributed by atoms with Crippen LogP contribution >= 0.6 is 36.4 Å². The second-order valence-electron chi connectivity index (χ2n) is 7.39. The lowest BCUT2D eigenvalue weighted by molar-refractivity contribution is 0.0720. The topological polar surface area (TPSA) is 46.6 Å². The van der Waals surface area contributed by atoms with Crippen LogP contribution in [0, 0.1) is 5.92 Å². The summed E-state index contributed by atoms with van der Waals surface area (Å²) in [5.41, 5.74) is 2.18. The van der Waals surface area contributed by atoms with Crippen LogP contribution in [-0.4, -0.2) is 42.7 Å². The van der Waals surface area contributed by atoms with Crippen molar-refractivity contribution >= 4 is 36.4 Å². The zero-order valence-corrected chi connectivity index (χ0v) is 18.9. The Bertz CT molecular complexity index is 768. The first-order chi connectivity index (χ1) is 13.2. The third-order valence-electron chi connectivity index (χ3n) is 5.64. The molecule has 1 aromatic carbocycles. The molecule has 1 N–H and O–H groups in total. The first kappa shape index (κ1) is 24.0. The van der Waals surface area contributed by atoms with Crippen LogP contribution in [-0.2, 0) is 13.2 Å². The van der Waals surface area contributed by atoms with Crippen molar-refractivity contribution in [2.75, 3.05) is 26.7 Å². The minimum atomic E-state index is 0. The number of nitrogens with one attached hydrogen (secondary N) is 1. The second kappa shape index (κ2) is 11.2. The molecular formula is C21H28Cl3N3O2. The quantitative estimate of drug-likeness (QED) is 0.622. The van der Waals surface area contributed by atoms with Crippen molar-refractivity contribution in [2.45, 2.75) is 32.0 Å². The van der Waals surface area contributed by atoms with Crippen LogP contribution in [0.1, 0.15) is 24.0 Å². The van der Waals surface area contributed by atoms with E-state index in [-0.39, 0.29) is 24.8 Å². The van der Waals surface area contributed by atoms with Crippen molar-refractivity contribution in [3.8, 4) is 11.5 Å². The fourth-order valence-corrected chi connectivity index (χ4v) is 4.15. The van der Waals surface area contributed by atoms with Crippen LogP contribution in [0.3, 0.4) is 0 Å². The van der Waals surface area contributed by atoms with Crippen LogP contribution in [0.5, 0.6) is 11.5 Å². The standard InChI is InChI=1S/C21H26ClN3O2.2ClH/c1-26-20-10-15(11-23-18-13-25-8-6-17(18)7-9-25)2-4-19(20)27-14-16-3-5-21(22)24-12-16;;/h2-5,10,12,17-18,23H,6-9,11,13-14H2,1H3;2*1H. The smallest absolute Gasteiger partial charge is 0.161 e. The molecule has 0 spiro atoms. The minimum absolute atomic E-state index is 0. The van der Waals surface area contributed by atoms with Gasteiger partial charge >= 0.3 is 0 Å². The van der Waals surface area contributed by atoms with Gasteiger partial charge in [-0.2, -0.15) is 0 Å². The maximum atomic E-state index is 5.91. The molecule has 29 heavy (non-hydrogen) atoms. The summed E-state index contributed by atoms with van der Waals surface area (Å²) in [5.74, 6) is 2.32. The average Bonchev–Trinajstić information content (AvgIpc) is 2.73. The summed E-state index contributed by atoms with van der Waals surface area (Å²) in [6.07, 6.45) is 4.38. The number of nitrogens with zero attached hydrogens (tertiary/aromatic N) is 2. The van der Waals surface area contributed by atoms with Gasteiger partial charge in [-0.3, -0.25) is 0 Å². The molecule has 3 aliphatic rings. The van der Waals surface area contributed by atoms with Crippen molar-refractivity contribution < 1.29 is 9.47 Å². The number of hydrogen-bond acceptors (Lipinski definition) is 5. The Hall–Kier alpha value is -1.24. The summed E-state index contributed by atoms with van der Waals surface area (Å²) in [4.78, 5) is 6.65. The van der Waals surface area contributed by atoms with Gasteiger partial charge in [0.1, 0.15) is 11.8 Å². The number of aromatic nitrogens is 1. The molecule has 4 heterocycles. The van der Waals surface area contributed by atoms with Crippen molar-refractivity contribution in [3.63, 3.8) is 0 Å².